The van der Waals surface area contributed by atoms with E-state index in [4.69, 9.17) is 43.7 Å². The summed E-state index contributed by atoms with van der Waals surface area (Å²) in [4.78, 5) is 66.2. The Labute approximate surface area is 663 Å². The summed E-state index contributed by atoms with van der Waals surface area (Å²) in [7, 11) is 0. The number of carbonyl (C=O) groups is 3. The third-order valence-electron chi connectivity index (χ3n) is 10.3. The molecule has 0 spiro atoms. The first-order valence-corrected chi connectivity index (χ1v) is 30.3. The fourth-order valence-electron chi connectivity index (χ4n) is 6.17. The van der Waals surface area contributed by atoms with Crippen molar-refractivity contribution in [2.24, 2.45) is 5.73 Å². The molecule has 0 saturated carbocycles. The summed E-state index contributed by atoms with van der Waals surface area (Å²) in [5.74, 6) is -14.6. The third kappa shape index (κ3) is 34.8. The number of nitrogens with two attached hydrogens (primary N) is 1. The summed E-state index contributed by atoms with van der Waals surface area (Å²) in [6, 6.07) is 8.93. The number of pyridine rings is 6. The number of ether oxygens (including phenoxy) is 2. The van der Waals surface area contributed by atoms with Crippen LogP contribution in [0.25, 0.3) is 35.9 Å². The number of nitrogens with zero attached hydrogens (tertiary/aromatic N) is 11. The monoisotopic (exact) mass is 1880 g/mol. The van der Waals surface area contributed by atoms with Crippen LogP contribution in [0.4, 0.5) is 72.3 Å². The predicted octanol–water partition coefficient (Wildman–Crippen LogP) is 11.7. The molecule has 6 aromatic heterocycles. The van der Waals surface area contributed by atoms with Gasteiger partial charge in [-0.1, -0.05) is 22.6 Å². The fraction of sp³-hybridized carbons (Fsp3) is 0.276. The summed E-state index contributed by atoms with van der Waals surface area (Å²) in [5, 5.41) is 8.45. The maximum Gasteiger partial charge on any atom is 1.00 e. The second kappa shape index (κ2) is 50.5. The van der Waals surface area contributed by atoms with E-state index < -0.39 is 64.3 Å². The van der Waals surface area contributed by atoms with Gasteiger partial charge in [0.25, 0.3) is 5.92 Å². The van der Waals surface area contributed by atoms with Gasteiger partial charge in [0, 0.05) is 86.8 Å². The Hall–Kier alpha value is -4.81. The Morgan fingerprint density at radius 3 is 1.17 bits per heavy atom. The van der Waals surface area contributed by atoms with E-state index >= 15 is 0 Å². The molecular weight excluding hydrogens is 1830 g/mol. The second-order valence-electron chi connectivity index (χ2n) is 17.2. The summed E-state index contributed by atoms with van der Waals surface area (Å²) in [6.45, 7) is 44.6. The van der Waals surface area contributed by atoms with Gasteiger partial charge in [-0.3, -0.25) is 34.7 Å². The quantitative estimate of drug-likeness (QED) is 0.0220. The van der Waals surface area contributed by atoms with Crippen molar-refractivity contribution in [3.63, 3.8) is 0 Å². The van der Waals surface area contributed by atoms with E-state index in [-0.39, 0.29) is 160 Å². The zero-order valence-electron chi connectivity index (χ0n) is 52.9. The van der Waals surface area contributed by atoms with E-state index in [0.29, 0.717) is 33.8 Å². The molecule has 4 radical (unpaired) electrons. The van der Waals surface area contributed by atoms with Crippen molar-refractivity contribution < 1.29 is 156 Å². The van der Waals surface area contributed by atoms with Crippen molar-refractivity contribution in [1.29, 1.82) is 0 Å². The number of hydrogen-bond donors (Lipinski definition) is 2. The number of halogens is 15. The van der Waals surface area contributed by atoms with Crippen LogP contribution in [0.5, 0.6) is 0 Å². The molecule has 0 atom stereocenters. The minimum Gasteiger partial charge on any atom is -1.00 e. The van der Waals surface area contributed by atoms with Gasteiger partial charge in [0.15, 0.2) is 11.7 Å². The number of esters is 2. The van der Waals surface area contributed by atoms with Gasteiger partial charge >= 0.3 is 87.7 Å². The molecule has 38 heteroatoms. The van der Waals surface area contributed by atoms with Crippen LogP contribution in [-0.4, -0.2) is 95.8 Å². The largest absolute Gasteiger partial charge is 1.00 e. The number of amides is 1. The Kier molecular flexibility index (Phi) is 53.8. The number of alkyl halides is 10. The van der Waals surface area contributed by atoms with E-state index in [1.807, 2.05) is 45.4 Å². The average Bonchev–Trinajstić information content (AvgIpc) is 0.825. The molecule has 506 valence electrons. The van der Waals surface area contributed by atoms with Crippen molar-refractivity contribution in [3.8, 4) is 0 Å². The number of aromatic nitrogens is 6. The molecule has 6 aromatic rings. The third-order valence-corrected chi connectivity index (χ3v) is 13.5. The Morgan fingerprint density at radius 2 is 0.885 bits per heavy atom. The maximum atomic E-state index is 13.6. The van der Waals surface area contributed by atoms with Crippen molar-refractivity contribution in [3.05, 3.63) is 211 Å². The smallest absolute Gasteiger partial charge is 1.00 e. The SMILES string of the molecule is CCOC(=O)C(F)(F)Br.Cc1cc(C(N)=O)cnc1/C(F)=C/I.[B].[C-]#[N+]c1cnc(/C(F)=C/I)c(C)c1.[C-]#[N+]c1cnc(Br)c(C)c1.[C-]#[N+]c1cnc(C(F)(F)C(=O)OCC)c(C)c1.[C-]#[N+]c1cnc(C(F)(F)CI)c(C)c1.[C-]#[N+]c1cnc(C(F)(F)CO)c(C)c1.[Cu].[H-].[Na+].[Na+].[OH-]. The fourth-order valence-corrected chi connectivity index (χ4v) is 7.45. The van der Waals surface area contributed by atoms with Crippen LogP contribution in [0.3, 0.4) is 0 Å². The van der Waals surface area contributed by atoms with Gasteiger partial charge in [0.05, 0.1) is 61.8 Å². The minimum atomic E-state index is -3.79. The molecule has 96 heavy (non-hydrogen) atoms. The van der Waals surface area contributed by atoms with Crippen molar-refractivity contribution in [2.75, 3.05) is 24.2 Å². The topological polar surface area (TPSA) is 245 Å². The minimum absolute atomic E-state index is 0. The molecule has 6 rings (SSSR count). The van der Waals surface area contributed by atoms with Crippen LogP contribution in [0, 0.1) is 74.4 Å². The number of aryl methyl sites for hydroxylation is 6. The molecule has 1 amide bonds. The molecule has 4 N–H and O–H groups in total. The van der Waals surface area contributed by atoms with Gasteiger partial charge in [-0.25, -0.2) is 42.6 Å². The molecule has 0 bridgehead atoms. The van der Waals surface area contributed by atoms with Crippen LogP contribution < -0.4 is 64.8 Å². The number of primary amides is 1. The molecule has 0 aliphatic rings. The normalized spacial score (nSPS) is 10.3. The van der Waals surface area contributed by atoms with E-state index in [9.17, 15) is 58.3 Å². The molecule has 19 nitrogen and oxygen atoms in total. The first-order chi connectivity index (χ1) is 42.4. The summed E-state index contributed by atoms with van der Waals surface area (Å²) < 4.78 is 141. The first-order valence-electron chi connectivity index (χ1n) is 24.7. The van der Waals surface area contributed by atoms with E-state index in [1.54, 1.807) is 77.4 Å². The van der Waals surface area contributed by atoms with Crippen LogP contribution in [0.15, 0.2) is 86.3 Å². The molecule has 6 heterocycles. The van der Waals surface area contributed by atoms with Crippen molar-refractivity contribution in [1.82, 2.24) is 29.9 Å². The molecule has 0 aliphatic heterocycles. The van der Waals surface area contributed by atoms with E-state index in [2.05, 4.69) is 79.5 Å². The van der Waals surface area contributed by atoms with E-state index in [1.165, 1.54) is 85.6 Å². The van der Waals surface area contributed by atoms with Gasteiger partial charge in [0.2, 0.25) is 34.3 Å². The summed E-state index contributed by atoms with van der Waals surface area (Å²) in [5.41, 5.74) is 9.06. The Morgan fingerprint density at radius 1 is 0.573 bits per heavy atom. The maximum absolute atomic E-state index is 13.6. The average molecular weight is 1880 g/mol. The van der Waals surface area contributed by atoms with Crippen LogP contribution >= 0.6 is 99.6 Å². The van der Waals surface area contributed by atoms with Gasteiger partial charge < -0.3 is 27.2 Å². The van der Waals surface area contributed by atoms with Gasteiger partial charge in [0.1, 0.15) is 34.0 Å². The molecular formula is C58H51BBr2CuF10I3N12Na2O7. The van der Waals surface area contributed by atoms with Crippen LogP contribution in [-0.2, 0) is 53.9 Å². The molecule has 0 saturated heterocycles. The Bertz CT molecular complexity index is 3760. The molecule has 0 unspecified atom stereocenters. The van der Waals surface area contributed by atoms with E-state index in [0.717, 1.165) is 22.6 Å². The van der Waals surface area contributed by atoms with Crippen LogP contribution in [0.1, 0.15) is 87.5 Å². The van der Waals surface area contributed by atoms with Gasteiger partial charge in [-0.2, -0.15) is 35.1 Å². The number of carbonyl (C=O) groups excluding carboxylic acids is 3. The Balaban J connectivity index is -0.000000194. The number of aliphatic hydroxyl groups is 1. The zero-order chi connectivity index (χ0) is 70.2. The standard InChI is InChI=1S/C11H10F2N2O2.C9H7F2IN2.C9H8F2N2O.C9H8FIN2O.C9H6FIN2.C7H5BrN2.C4H5BrF2O2.B.Cu.2Na.H2O.H/c1-4-17-10(16)11(12,13)9-7(2)5-8(14-3)6-15-9;1-6-3-7(13-2)4-14-8(6)9(10,11)5-12;1-6-3-7(12-2)4-13-8(6)9(10,11)5-14;1-5-2-6(9(12)14)4-13-8(5)7(10)3-11;1-6-3-7(12-2)5-13-9(6)8(10)4-11;1-5-3-6(9-2)4-10-7(5)8;1-2-9-3(8)4(5,6)7;;;;;;/h5-6H,4H2,1-2H3;3-4H,5H2,1H3;3-4,14H,5H2,1H3;2-4H,1H3,(H2,12,14);3-5H,1H3;3-4H,1H3;2H2,1H3;;;;;1H2;/q;;;;;;;;;2*+1;;-1/p-1/b;;;7-3-;8-4-;;;;;;;;. The van der Waals surface area contributed by atoms with Gasteiger partial charge in [-0.05, 0) is 186 Å². The predicted molar refractivity (Wildman–Crippen MR) is 361 cm³/mol. The van der Waals surface area contributed by atoms with Gasteiger partial charge in [-0.15, -0.1) is 0 Å². The number of hydrogen-bond acceptors (Lipinski definition) is 13. The number of rotatable bonds is 12. The summed E-state index contributed by atoms with van der Waals surface area (Å²) in [6.07, 6.45) is 7.43. The zero-order valence-corrected chi connectivity index (χ0v) is 66.5. The van der Waals surface area contributed by atoms with Crippen molar-refractivity contribution >= 4 is 166 Å². The molecule has 0 aliphatic carbocycles. The first kappa shape index (κ1) is 102. The molecule has 0 aromatic carbocycles. The second-order valence-corrected chi connectivity index (χ2v) is 20.9. The van der Waals surface area contributed by atoms with Crippen molar-refractivity contribution in [2.45, 2.75) is 78.0 Å². The molecule has 0 fully saturated rings. The number of aliphatic hydroxyl groups excluding tert-OH is 1. The summed E-state index contributed by atoms with van der Waals surface area (Å²) >= 11 is 10.3. The van der Waals surface area contributed by atoms with Crippen LogP contribution in [0.2, 0.25) is 0 Å².